The minimum absolute atomic E-state index is 0.190. The average molecular weight is 245 g/mol. The molecule has 0 spiro atoms. The number of nitrogens with one attached hydrogen (secondary N) is 1. The lowest BCUT2D eigenvalue weighted by Gasteiger charge is -2.20. The first kappa shape index (κ1) is 12.7. The van der Waals surface area contributed by atoms with E-state index in [9.17, 15) is 4.79 Å². The van der Waals surface area contributed by atoms with E-state index in [0.29, 0.717) is 0 Å². The molecule has 18 heavy (non-hydrogen) atoms. The third kappa shape index (κ3) is 3.13. The highest BCUT2D eigenvalue weighted by Crippen LogP contribution is 2.24. The summed E-state index contributed by atoms with van der Waals surface area (Å²) in [5, 5.41) is 3.38. The molecule has 3 nitrogen and oxygen atoms in total. The van der Waals surface area contributed by atoms with Crippen molar-refractivity contribution in [3.63, 3.8) is 0 Å². The summed E-state index contributed by atoms with van der Waals surface area (Å²) >= 11 is 0. The van der Waals surface area contributed by atoms with Crippen LogP contribution in [0, 0.1) is 0 Å². The lowest BCUT2D eigenvalue weighted by atomic mass is 9.96. The number of hydrogen-bond donors (Lipinski definition) is 1. The third-order valence-corrected chi connectivity index (χ3v) is 3.25. The summed E-state index contributed by atoms with van der Waals surface area (Å²) in [6.45, 7) is 0.761. The summed E-state index contributed by atoms with van der Waals surface area (Å²) in [7, 11) is 1.44. The Morgan fingerprint density at radius 3 is 2.67 bits per heavy atom. The molecule has 0 saturated carbocycles. The first-order chi connectivity index (χ1) is 8.81. The quantitative estimate of drug-likeness (QED) is 0.829. The predicted octanol–water partition coefficient (Wildman–Crippen LogP) is 2.78. The van der Waals surface area contributed by atoms with Gasteiger partial charge in [0, 0.05) is 12.2 Å². The van der Waals surface area contributed by atoms with Crippen LogP contribution in [0.25, 0.3) is 0 Å². The predicted molar refractivity (Wildman–Crippen MR) is 70.8 cm³/mol. The van der Waals surface area contributed by atoms with Crippen LogP contribution in [0.3, 0.4) is 0 Å². The van der Waals surface area contributed by atoms with Crippen molar-refractivity contribution in [1.29, 1.82) is 0 Å². The molecule has 1 aliphatic rings. The standard InChI is InChI=1S/C15H19NO2/c1-18-15(17)13-9-5-6-10-14(13)16-11-12-7-3-2-4-8-12/h2-4,7-8,16H,5-6,9-11H2,1H3. The van der Waals surface area contributed by atoms with Crippen LogP contribution in [0.15, 0.2) is 41.6 Å². The van der Waals surface area contributed by atoms with Gasteiger partial charge in [0.15, 0.2) is 0 Å². The molecule has 0 atom stereocenters. The van der Waals surface area contributed by atoms with Gasteiger partial charge < -0.3 is 10.1 Å². The molecule has 0 bridgehead atoms. The number of esters is 1. The van der Waals surface area contributed by atoms with Crippen molar-refractivity contribution < 1.29 is 9.53 Å². The molecular formula is C15H19NO2. The zero-order chi connectivity index (χ0) is 12.8. The molecule has 0 saturated heterocycles. The van der Waals surface area contributed by atoms with E-state index in [1.165, 1.54) is 12.7 Å². The Balaban J connectivity index is 2.05. The van der Waals surface area contributed by atoms with Crippen molar-refractivity contribution in [3.8, 4) is 0 Å². The SMILES string of the molecule is COC(=O)C1=C(NCc2ccccc2)CCCC1. The zero-order valence-corrected chi connectivity index (χ0v) is 10.7. The molecule has 0 unspecified atom stereocenters. The van der Waals surface area contributed by atoms with Crippen molar-refractivity contribution in [3.05, 3.63) is 47.2 Å². The molecular weight excluding hydrogens is 226 g/mol. The molecule has 1 aromatic rings. The van der Waals surface area contributed by atoms with Crippen LogP contribution in [0.4, 0.5) is 0 Å². The summed E-state index contributed by atoms with van der Waals surface area (Å²) in [6, 6.07) is 10.2. The number of methoxy groups -OCH3 is 1. The summed E-state index contributed by atoms with van der Waals surface area (Å²) in [6.07, 6.45) is 3.97. The summed E-state index contributed by atoms with van der Waals surface area (Å²) < 4.78 is 4.84. The van der Waals surface area contributed by atoms with Crippen LogP contribution in [0.5, 0.6) is 0 Å². The van der Waals surface area contributed by atoms with E-state index in [0.717, 1.165) is 43.5 Å². The molecule has 0 radical (unpaired) electrons. The number of carbonyl (C=O) groups excluding carboxylic acids is 1. The number of carbonyl (C=O) groups is 1. The molecule has 1 aromatic carbocycles. The van der Waals surface area contributed by atoms with Crippen LogP contribution in [-0.4, -0.2) is 13.1 Å². The second-order valence-electron chi connectivity index (χ2n) is 4.49. The average Bonchev–Trinajstić information content (AvgIpc) is 2.45. The van der Waals surface area contributed by atoms with Gasteiger partial charge in [0.1, 0.15) is 0 Å². The van der Waals surface area contributed by atoms with Gasteiger partial charge in [-0.1, -0.05) is 30.3 Å². The van der Waals surface area contributed by atoms with E-state index in [1.54, 1.807) is 0 Å². The minimum Gasteiger partial charge on any atom is -0.466 e. The van der Waals surface area contributed by atoms with Crippen LogP contribution in [0.1, 0.15) is 31.2 Å². The molecule has 96 valence electrons. The molecule has 0 heterocycles. The number of ether oxygens (including phenoxy) is 1. The van der Waals surface area contributed by atoms with Crippen molar-refractivity contribution in [1.82, 2.24) is 5.32 Å². The van der Waals surface area contributed by atoms with E-state index in [2.05, 4.69) is 17.4 Å². The molecule has 0 aliphatic heterocycles. The minimum atomic E-state index is -0.190. The number of hydrogen-bond acceptors (Lipinski definition) is 3. The number of benzene rings is 1. The van der Waals surface area contributed by atoms with Gasteiger partial charge in [0.25, 0.3) is 0 Å². The van der Waals surface area contributed by atoms with Crippen LogP contribution in [0.2, 0.25) is 0 Å². The molecule has 2 rings (SSSR count). The largest absolute Gasteiger partial charge is 0.466 e. The molecule has 1 aliphatic carbocycles. The van der Waals surface area contributed by atoms with Gasteiger partial charge in [-0.25, -0.2) is 4.79 Å². The van der Waals surface area contributed by atoms with Gasteiger partial charge in [-0.15, -0.1) is 0 Å². The molecule has 3 heteroatoms. The van der Waals surface area contributed by atoms with Crippen molar-refractivity contribution in [2.45, 2.75) is 32.2 Å². The van der Waals surface area contributed by atoms with Gasteiger partial charge >= 0.3 is 5.97 Å². The fourth-order valence-electron chi connectivity index (χ4n) is 2.25. The summed E-state index contributed by atoms with van der Waals surface area (Å²) in [5.41, 5.74) is 3.09. The Labute approximate surface area is 108 Å². The van der Waals surface area contributed by atoms with Gasteiger partial charge in [0.05, 0.1) is 12.7 Å². The monoisotopic (exact) mass is 245 g/mol. The maximum atomic E-state index is 11.7. The van der Waals surface area contributed by atoms with Gasteiger partial charge in [0.2, 0.25) is 0 Å². The number of allylic oxidation sites excluding steroid dienone is 1. The first-order valence-electron chi connectivity index (χ1n) is 6.39. The Morgan fingerprint density at radius 1 is 1.22 bits per heavy atom. The van der Waals surface area contributed by atoms with Gasteiger partial charge in [-0.3, -0.25) is 0 Å². The van der Waals surface area contributed by atoms with E-state index < -0.39 is 0 Å². The van der Waals surface area contributed by atoms with E-state index >= 15 is 0 Å². The highest BCUT2D eigenvalue weighted by atomic mass is 16.5. The molecule has 0 fully saturated rings. The fraction of sp³-hybridized carbons (Fsp3) is 0.400. The Kier molecular flexibility index (Phi) is 4.40. The zero-order valence-electron chi connectivity index (χ0n) is 10.7. The Bertz CT molecular complexity index is 437. The second-order valence-corrected chi connectivity index (χ2v) is 4.49. The molecule has 1 N–H and O–H groups in total. The highest BCUT2D eigenvalue weighted by molar-refractivity contribution is 5.89. The topological polar surface area (TPSA) is 38.3 Å². The highest BCUT2D eigenvalue weighted by Gasteiger charge is 2.19. The second kappa shape index (κ2) is 6.24. The maximum Gasteiger partial charge on any atom is 0.335 e. The third-order valence-electron chi connectivity index (χ3n) is 3.25. The summed E-state index contributed by atoms with van der Waals surface area (Å²) in [5.74, 6) is -0.190. The number of rotatable bonds is 4. The van der Waals surface area contributed by atoms with Gasteiger partial charge in [-0.2, -0.15) is 0 Å². The maximum absolute atomic E-state index is 11.7. The van der Waals surface area contributed by atoms with Crippen LogP contribution >= 0.6 is 0 Å². The molecule has 0 amide bonds. The Morgan fingerprint density at radius 2 is 1.94 bits per heavy atom. The van der Waals surface area contributed by atoms with E-state index in [4.69, 9.17) is 4.74 Å². The Hall–Kier alpha value is -1.77. The van der Waals surface area contributed by atoms with E-state index in [1.807, 2.05) is 18.2 Å². The van der Waals surface area contributed by atoms with Crippen LogP contribution < -0.4 is 5.32 Å². The molecule has 0 aromatic heterocycles. The summed E-state index contributed by atoms with van der Waals surface area (Å²) in [4.78, 5) is 11.7. The van der Waals surface area contributed by atoms with Crippen LogP contribution in [-0.2, 0) is 16.1 Å². The lowest BCUT2D eigenvalue weighted by Crippen LogP contribution is -2.21. The first-order valence-corrected chi connectivity index (χ1v) is 6.39. The van der Waals surface area contributed by atoms with E-state index in [-0.39, 0.29) is 5.97 Å². The van der Waals surface area contributed by atoms with Crippen molar-refractivity contribution >= 4 is 5.97 Å². The van der Waals surface area contributed by atoms with Crippen molar-refractivity contribution in [2.75, 3.05) is 7.11 Å². The fourth-order valence-corrected chi connectivity index (χ4v) is 2.25. The lowest BCUT2D eigenvalue weighted by molar-refractivity contribution is -0.136. The van der Waals surface area contributed by atoms with Gasteiger partial charge in [-0.05, 0) is 31.2 Å². The normalized spacial score (nSPS) is 15.4. The van der Waals surface area contributed by atoms with Crippen molar-refractivity contribution in [2.24, 2.45) is 0 Å². The smallest absolute Gasteiger partial charge is 0.335 e.